The largest absolute Gasteiger partial charge is 0.477 e. The van der Waals surface area contributed by atoms with E-state index in [4.69, 9.17) is 28.4 Å². The van der Waals surface area contributed by atoms with Crippen LogP contribution in [-0.2, 0) is 42.8 Å². The van der Waals surface area contributed by atoms with E-state index in [1.54, 1.807) is 24.4 Å². The monoisotopic (exact) mass is 1080 g/mol. The Labute approximate surface area is 438 Å². The van der Waals surface area contributed by atoms with Gasteiger partial charge in [-0.3, -0.25) is 14.6 Å². The molecule has 0 radical (unpaired) electrons. The zero-order valence-electron chi connectivity index (χ0n) is 43.1. The van der Waals surface area contributed by atoms with Crippen molar-refractivity contribution < 1.29 is 104 Å². The number of aliphatic hydroxyl groups excluding tert-OH is 11. The van der Waals surface area contributed by atoms with Crippen molar-refractivity contribution in [3.8, 4) is 0 Å². The van der Waals surface area contributed by atoms with E-state index in [0.717, 1.165) is 32.6 Å². The summed E-state index contributed by atoms with van der Waals surface area (Å²) in [5.74, 6) is -6.22. The van der Waals surface area contributed by atoms with Gasteiger partial charge >= 0.3 is 5.97 Å². The highest BCUT2D eigenvalue weighted by molar-refractivity contribution is 5.77. The number of carbonyl (C=O) groups excluding carboxylic acids is 2. The van der Waals surface area contributed by atoms with Gasteiger partial charge in [-0.2, -0.15) is 0 Å². The molecule has 75 heavy (non-hydrogen) atoms. The van der Waals surface area contributed by atoms with E-state index in [2.05, 4.69) is 22.5 Å². The smallest absolute Gasteiger partial charge is 0.364 e. The SMILES string of the molecule is CCCCCCCCCCCCCCCCCC(=O)N[C@@H](CO[C@@H]1O[C@H](CO)[C@@H](O[C@@H]2O[C@H](CO)[C@H](O)[C@H](OC3(C(=O)O)C[C@H](O)[C@@H](NC(C)=O)[C@H](C(O)[C@H](O)CO)O3)[C@H]2O)[C@H](O)[C@H]1O)[C@H](O)/C=C/c1ccccn1. The van der Waals surface area contributed by atoms with Crippen molar-refractivity contribution in [2.24, 2.45) is 0 Å². The molecular weight excluding hydrogens is 991 g/mol. The van der Waals surface area contributed by atoms with Crippen LogP contribution in [0, 0.1) is 0 Å². The average Bonchev–Trinajstić information content (AvgIpc) is 3.39. The van der Waals surface area contributed by atoms with E-state index in [1.807, 2.05) is 0 Å². The van der Waals surface area contributed by atoms with Crippen molar-refractivity contribution >= 4 is 23.9 Å². The molecule has 3 fully saturated rings. The van der Waals surface area contributed by atoms with Crippen molar-refractivity contribution in [2.45, 2.75) is 233 Å². The highest BCUT2D eigenvalue weighted by atomic mass is 16.8. The Morgan fingerprint density at radius 2 is 1.39 bits per heavy atom. The highest BCUT2D eigenvalue weighted by Crippen LogP contribution is 2.38. The van der Waals surface area contributed by atoms with Crippen molar-refractivity contribution in [3.63, 3.8) is 0 Å². The first-order valence-electron chi connectivity index (χ1n) is 26.5. The Hall–Kier alpha value is -3.38. The molecule has 14 N–H and O–H groups in total. The molecule has 0 aromatic carbocycles. The summed E-state index contributed by atoms with van der Waals surface area (Å²) in [6, 6.07) is 2.46. The summed E-state index contributed by atoms with van der Waals surface area (Å²) in [6.45, 7) is -0.237. The molecular formula is C51H85N3O21. The molecule has 1 aromatic rings. The van der Waals surface area contributed by atoms with Gasteiger partial charge in [-0.25, -0.2) is 4.79 Å². The fourth-order valence-corrected chi connectivity index (χ4v) is 9.45. The van der Waals surface area contributed by atoms with Gasteiger partial charge in [-0.1, -0.05) is 109 Å². The Bertz CT molecular complexity index is 1820. The predicted molar refractivity (Wildman–Crippen MR) is 265 cm³/mol. The van der Waals surface area contributed by atoms with Gasteiger partial charge in [0.05, 0.1) is 56.4 Å². The molecule has 0 bridgehead atoms. The van der Waals surface area contributed by atoms with E-state index in [-0.39, 0.29) is 12.3 Å². The zero-order valence-corrected chi connectivity index (χ0v) is 43.1. The fourth-order valence-electron chi connectivity index (χ4n) is 9.45. The normalized spacial score (nSPS) is 31.9. The van der Waals surface area contributed by atoms with Crippen molar-refractivity contribution in [3.05, 3.63) is 36.2 Å². The van der Waals surface area contributed by atoms with Gasteiger partial charge in [-0.05, 0) is 24.6 Å². The number of aromatic nitrogens is 1. The van der Waals surface area contributed by atoms with Gasteiger partial charge in [0.1, 0.15) is 67.1 Å². The van der Waals surface area contributed by atoms with Crippen LogP contribution in [-0.4, -0.2) is 220 Å². The molecule has 0 spiro atoms. The summed E-state index contributed by atoms with van der Waals surface area (Å²) in [6.07, 6.45) is -7.75. The van der Waals surface area contributed by atoms with Gasteiger partial charge in [0.15, 0.2) is 12.6 Å². The molecule has 0 saturated carbocycles. The van der Waals surface area contributed by atoms with Gasteiger partial charge in [-0.15, -0.1) is 0 Å². The molecule has 3 saturated heterocycles. The molecule has 430 valence electrons. The second-order valence-electron chi connectivity index (χ2n) is 19.8. The fraction of sp³-hybridized carbons (Fsp3) is 0.804. The number of nitrogens with one attached hydrogen (secondary N) is 2. The molecule has 1 aromatic heterocycles. The van der Waals surface area contributed by atoms with Crippen LogP contribution >= 0.6 is 0 Å². The molecule has 3 aliphatic rings. The second kappa shape index (κ2) is 33.1. The molecule has 18 atom stereocenters. The van der Waals surface area contributed by atoms with Crippen molar-refractivity contribution in [2.75, 3.05) is 26.4 Å². The van der Waals surface area contributed by atoms with E-state index in [1.165, 1.54) is 76.4 Å². The summed E-state index contributed by atoms with van der Waals surface area (Å²) in [7, 11) is 0. The molecule has 3 aliphatic heterocycles. The molecule has 0 aliphatic carbocycles. The lowest BCUT2D eigenvalue weighted by molar-refractivity contribution is -0.386. The first-order valence-corrected chi connectivity index (χ1v) is 26.5. The standard InChI is InChI=1S/C51H85N3O21/c1-3-4-5-6-7-8-9-10-11-12-13-14-15-16-17-21-38(62)54-32(33(59)23-22-31-20-18-19-24-52-31)29-70-48-43(66)42(65)45(37(28-57)72-48)73-49-44(67)47(41(64)36(27-56)71-49)75-51(50(68)69)25-34(60)39(53-30(2)58)46(74-51)40(63)35(61)26-55/h18-20,22-24,32-37,39-49,55-57,59-61,63-67H,3-17,21,25-29H2,1-2H3,(H,53,58)(H,54,62)(H,68,69)/b23-22+/t32-,33+,34-,35+,36+,37+,39+,40?,41-,42+,43+,44+,45+,46+,47-,48+,49-,51?/m0/s1. The minimum atomic E-state index is -3.09. The number of carbonyl (C=O) groups is 3. The van der Waals surface area contributed by atoms with Crippen LogP contribution < -0.4 is 10.6 Å². The summed E-state index contributed by atoms with van der Waals surface area (Å²) in [4.78, 5) is 42.4. The minimum Gasteiger partial charge on any atom is -0.477 e. The van der Waals surface area contributed by atoms with Gasteiger partial charge in [0, 0.05) is 26.0 Å². The number of ether oxygens (including phenoxy) is 6. The Morgan fingerprint density at radius 1 is 0.787 bits per heavy atom. The average molecular weight is 1080 g/mol. The summed E-state index contributed by atoms with van der Waals surface area (Å²) in [5.41, 5.74) is 0.513. The molecule has 2 amide bonds. The minimum absolute atomic E-state index is 0.164. The number of nitrogens with zero attached hydrogens (tertiary/aromatic N) is 1. The van der Waals surface area contributed by atoms with Crippen LogP contribution in [0.25, 0.3) is 6.08 Å². The maximum absolute atomic E-state index is 13.2. The molecule has 24 nitrogen and oxygen atoms in total. The second-order valence-corrected chi connectivity index (χ2v) is 19.8. The number of pyridine rings is 1. The quantitative estimate of drug-likeness (QED) is 0.0369. The van der Waals surface area contributed by atoms with Crippen LogP contribution in [0.1, 0.15) is 129 Å². The van der Waals surface area contributed by atoms with E-state index >= 15 is 0 Å². The zero-order chi connectivity index (χ0) is 55.1. The molecule has 24 heteroatoms. The number of carboxylic acids is 1. The lowest BCUT2D eigenvalue weighted by Crippen LogP contribution is -2.70. The Kier molecular flexibility index (Phi) is 28.4. The highest BCUT2D eigenvalue weighted by Gasteiger charge is 2.60. The van der Waals surface area contributed by atoms with Crippen molar-refractivity contribution in [1.82, 2.24) is 15.6 Å². The van der Waals surface area contributed by atoms with E-state index < -0.39 is 155 Å². The Balaban J connectivity index is 1.39. The molecule has 4 heterocycles. The number of aliphatic hydroxyl groups is 11. The van der Waals surface area contributed by atoms with Crippen LogP contribution in [0.4, 0.5) is 0 Å². The number of amides is 2. The van der Waals surface area contributed by atoms with E-state index in [0.29, 0.717) is 12.1 Å². The molecule has 2 unspecified atom stereocenters. The summed E-state index contributed by atoms with van der Waals surface area (Å²) in [5, 5.41) is 135. The first kappa shape index (κ1) is 64.1. The first-order chi connectivity index (χ1) is 35.9. The van der Waals surface area contributed by atoms with Gasteiger partial charge in [0.2, 0.25) is 11.8 Å². The van der Waals surface area contributed by atoms with Crippen LogP contribution in [0.2, 0.25) is 0 Å². The third-order valence-electron chi connectivity index (χ3n) is 13.8. The number of carboxylic acid groups (broad SMARTS) is 1. The van der Waals surface area contributed by atoms with Gasteiger partial charge < -0.3 is 100 Å². The van der Waals surface area contributed by atoms with Crippen molar-refractivity contribution in [1.29, 1.82) is 0 Å². The van der Waals surface area contributed by atoms with Crippen LogP contribution in [0.3, 0.4) is 0 Å². The number of unbranched alkanes of at least 4 members (excludes halogenated alkanes) is 14. The maximum atomic E-state index is 13.2. The third kappa shape index (κ3) is 19.5. The summed E-state index contributed by atoms with van der Waals surface area (Å²) >= 11 is 0. The topological polar surface area (TPSA) is 386 Å². The summed E-state index contributed by atoms with van der Waals surface area (Å²) < 4.78 is 34.4. The number of hydrogen-bond acceptors (Lipinski definition) is 21. The lowest BCUT2D eigenvalue weighted by Gasteiger charge is -2.50. The lowest BCUT2D eigenvalue weighted by atomic mass is 9.88. The molecule has 4 rings (SSSR count). The van der Waals surface area contributed by atoms with E-state index in [9.17, 15) is 75.7 Å². The number of hydrogen-bond donors (Lipinski definition) is 14. The number of rotatable bonds is 34. The third-order valence-corrected chi connectivity index (χ3v) is 13.8. The number of aliphatic carboxylic acids is 1. The predicted octanol–water partition coefficient (Wildman–Crippen LogP) is -0.983. The van der Waals surface area contributed by atoms with Crippen LogP contribution in [0.5, 0.6) is 0 Å². The Morgan fingerprint density at radius 3 is 1.93 bits per heavy atom. The van der Waals surface area contributed by atoms with Gasteiger partial charge in [0.25, 0.3) is 5.79 Å². The maximum Gasteiger partial charge on any atom is 0.364 e. The van der Waals surface area contributed by atoms with Crippen LogP contribution in [0.15, 0.2) is 30.5 Å².